The number of halogens is 6. The molecule has 0 amide bonds. The molecule has 1 aromatic rings. The lowest BCUT2D eigenvalue weighted by molar-refractivity contribution is -0.140. The third kappa shape index (κ3) is 2.26. The molecule has 2 nitrogen and oxygen atoms in total. The van der Waals surface area contributed by atoms with Crippen LogP contribution in [0.1, 0.15) is 23.1 Å². The van der Waals surface area contributed by atoms with Crippen LogP contribution in [0, 0.1) is 5.95 Å². The average molecular weight is 245 g/mol. The van der Waals surface area contributed by atoms with E-state index in [1.54, 1.807) is 0 Å². The zero-order valence-electron chi connectivity index (χ0n) is 7.52. The number of aliphatic hydroxyl groups is 1. The van der Waals surface area contributed by atoms with Crippen molar-refractivity contribution in [2.45, 2.75) is 19.2 Å². The Morgan fingerprint density at radius 3 is 2.25 bits per heavy atom. The topological polar surface area (TPSA) is 33.1 Å². The lowest BCUT2D eigenvalue weighted by atomic mass is 10.0. The van der Waals surface area contributed by atoms with Gasteiger partial charge in [0.2, 0.25) is 5.95 Å². The quantitative estimate of drug-likeness (QED) is 0.641. The van der Waals surface area contributed by atoms with Crippen molar-refractivity contribution >= 4 is 0 Å². The van der Waals surface area contributed by atoms with Crippen LogP contribution in [-0.4, -0.2) is 10.1 Å². The summed E-state index contributed by atoms with van der Waals surface area (Å²) in [6.45, 7) is -1.28. The Morgan fingerprint density at radius 1 is 1.31 bits per heavy atom. The molecule has 8 heteroatoms. The summed E-state index contributed by atoms with van der Waals surface area (Å²) in [5, 5.41) is 8.56. The SMILES string of the molecule is OCc1c(F)ncc(C(F)(F)F)c1C(F)F. The molecule has 90 valence electrons. The van der Waals surface area contributed by atoms with E-state index in [0.717, 1.165) is 0 Å². The monoisotopic (exact) mass is 245 g/mol. The van der Waals surface area contributed by atoms with E-state index < -0.39 is 41.8 Å². The maximum absolute atomic E-state index is 12.8. The fraction of sp³-hybridized carbons (Fsp3) is 0.375. The normalized spacial score (nSPS) is 12.2. The number of alkyl halides is 5. The standard InChI is InChI=1S/C8H5F6NO/c9-6(10)5-3(2-16)7(11)15-1-4(5)8(12,13)14/h1,6,16H,2H2. The van der Waals surface area contributed by atoms with Crippen molar-refractivity contribution in [3.63, 3.8) is 0 Å². The van der Waals surface area contributed by atoms with E-state index >= 15 is 0 Å². The Balaban J connectivity index is 3.52. The molecule has 0 fully saturated rings. The summed E-state index contributed by atoms with van der Waals surface area (Å²) in [6, 6.07) is 0. The Morgan fingerprint density at radius 2 is 1.88 bits per heavy atom. The second kappa shape index (κ2) is 4.28. The van der Waals surface area contributed by atoms with E-state index in [1.807, 2.05) is 0 Å². The van der Waals surface area contributed by atoms with Gasteiger partial charge in [0, 0.05) is 17.3 Å². The van der Waals surface area contributed by atoms with Crippen molar-refractivity contribution in [2.75, 3.05) is 0 Å². The fourth-order valence-electron chi connectivity index (χ4n) is 1.17. The lowest BCUT2D eigenvalue weighted by Gasteiger charge is -2.14. The highest BCUT2D eigenvalue weighted by molar-refractivity contribution is 5.35. The predicted molar refractivity (Wildman–Crippen MR) is 40.1 cm³/mol. The Bertz CT molecular complexity index is 389. The number of hydrogen-bond acceptors (Lipinski definition) is 2. The molecule has 0 bridgehead atoms. The minimum Gasteiger partial charge on any atom is -0.391 e. The molecule has 1 heterocycles. The largest absolute Gasteiger partial charge is 0.418 e. The van der Waals surface area contributed by atoms with Crippen LogP contribution < -0.4 is 0 Å². The molecule has 0 aliphatic heterocycles. The molecule has 0 aliphatic carbocycles. The molecule has 0 atom stereocenters. The second-order valence-electron chi connectivity index (χ2n) is 2.81. The summed E-state index contributed by atoms with van der Waals surface area (Å²) in [6.07, 6.45) is -8.64. The van der Waals surface area contributed by atoms with Crippen molar-refractivity contribution in [3.8, 4) is 0 Å². The molecule has 0 aromatic carbocycles. The molecule has 16 heavy (non-hydrogen) atoms. The minimum absolute atomic E-state index is 0.0179. The summed E-state index contributed by atoms with van der Waals surface area (Å²) in [5.41, 5.74) is -4.44. The van der Waals surface area contributed by atoms with Crippen molar-refractivity contribution in [3.05, 3.63) is 28.8 Å². The van der Waals surface area contributed by atoms with E-state index in [0.29, 0.717) is 0 Å². The highest BCUT2D eigenvalue weighted by Gasteiger charge is 2.38. The molecule has 0 spiro atoms. The van der Waals surface area contributed by atoms with Gasteiger partial charge in [-0.05, 0) is 0 Å². The van der Waals surface area contributed by atoms with E-state index in [1.165, 1.54) is 0 Å². The van der Waals surface area contributed by atoms with Gasteiger partial charge in [-0.15, -0.1) is 0 Å². The number of hydrogen-bond donors (Lipinski definition) is 1. The average Bonchev–Trinajstić information content (AvgIpc) is 2.14. The third-order valence-corrected chi connectivity index (χ3v) is 1.85. The predicted octanol–water partition coefficient (Wildman–Crippen LogP) is 2.67. The third-order valence-electron chi connectivity index (χ3n) is 1.85. The Kier molecular flexibility index (Phi) is 3.41. The number of aromatic nitrogens is 1. The van der Waals surface area contributed by atoms with Gasteiger partial charge in [-0.3, -0.25) is 0 Å². The van der Waals surface area contributed by atoms with Crippen LogP contribution in [0.2, 0.25) is 0 Å². The van der Waals surface area contributed by atoms with Gasteiger partial charge >= 0.3 is 6.18 Å². The van der Waals surface area contributed by atoms with Gasteiger partial charge in [-0.2, -0.15) is 17.6 Å². The lowest BCUT2D eigenvalue weighted by Crippen LogP contribution is -2.14. The van der Waals surface area contributed by atoms with Crippen LogP contribution in [0.25, 0.3) is 0 Å². The highest BCUT2D eigenvalue weighted by atomic mass is 19.4. The van der Waals surface area contributed by atoms with Gasteiger partial charge in [0.05, 0.1) is 12.2 Å². The van der Waals surface area contributed by atoms with E-state index in [4.69, 9.17) is 5.11 Å². The first kappa shape index (κ1) is 12.8. The summed E-state index contributed by atoms with van der Waals surface area (Å²) in [7, 11) is 0. The van der Waals surface area contributed by atoms with Crippen molar-refractivity contribution in [1.82, 2.24) is 4.98 Å². The van der Waals surface area contributed by atoms with Crippen LogP contribution in [0.3, 0.4) is 0 Å². The molecular weight excluding hydrogens is 240 g/mol. The summed E-state index contributed by atoms with van der Waals surface area (Å²) in [5.74, 6) is -1.54. The minimum atomic E-state index is -5.07. The van der Waals surface area contributed by atoms with Crippen molar-refractivity contribution in [2.24, 2.45) is 0 Å². The van der Waals surface area contributed by atoms with Crippen LogP contribution in [0.15, 0.2) is 6.20 Å². The van der Waals surface area contributed by atoms with Crippen LogP contribution in [0.5, 0.6) is 0 Å². The fourth-order valence-corrected chi connectivity index (χ4v) is 1.17. The number of aliphatic hydroxyl groups excluding tert-OH is 1. The van der Waals surface area contributed by atoms with Crippen molar-refractivity contribution in [1.29, 1.82) is 0 Å². The van der Waals surface area contributed by atoms with Gasteiger partial charge in [0.25, 0.3) is 6.43 Å². The van der Waals surface area contributed by atoms with Crippen LogP contribution in [-0.2, 0) is 12.8 Å². The van der Waals surface area contributed by atoms with Crippen molar-refractivity contribution < 1.29 is 31.4 Å². The summed E-state index contributed by atoms with van der Waals surface area (Å²) in [4.78, 5) is 2.68. The summed E-state index contributed by atoms with van der Waals surface area (Å²) < 4.78 is 74.4. The van der Waals surface area contributed by atoms with Gasteiger partial charge in [0.1, 0.15) is 0 Å². The van der Waals surface area contributed by atoms with E-state index in [9.17, 15) is 26.3 Å². The Hall–Kier alpha value is -1.31. The highest BCUT2D eigenvalue weighted by Crippen LogP contribution is 2.38. The molecule has 1 aromatic heterocycles. The smallest absolute Gasteiger partial charge is 0.391 e. The molecule has 0 unspecified atom stereocenters. The maximum Gasteiger partial charge on any atom is 0.418 e. The van der Waals surface area contributed by atoms with E-state index in [2.05, 4.69) is 4.98 Å². The van der Waals surface area contributed by atoms with Gasteiger partial charge in [0.15, 0.2) is 0 Å². The van der Waals surface area contributed by atoms with Crippen LogP contribution >= 0.6 is 0 Å². The van der Waals surface area contributed by atoms with Crippen LogP contribution in [0.4, 0.5) is 26.3 Å². The first-order valence-corrected chi connectivity index (χ1v) is 3.92. The number of pyridine rings is 1. The molecule has 0 saturated heterocycles. The van der Waals surface area contributed by atoms with Gasteiger partial charge in [-0.1, -0.05) is 0 Å². The van der Waals surface area contributed by atoms with E-state index in [-0.39, 0.29) is 6.20 Å². The molecule has 1 N–H and O–H groups in total. The molecule has 1 rings (SSSR count). The molecule has 0 saturated carbocycles. The van der Waals surface area contributed by atoms with Gasteiger partial charge < -0.3 is 5.11 Å². The second-order valence-corrected chi connectivity index (χ2v) is 2.81. The molecule has 0 aliphatic rings. The number of rotatable bonds is 2. The Labute approximate surface area is 85.5 Å². The van der Waals surface area contributed by atoms with Gasteiger partial charge in [-0.25, -0.2) is 13.8 Å². The molecular formula is C8H5F6NO. The zero-order chi connectivity index (χ0) is 12.5. The molecule has 0 radical (unpaired) electrons. The number of nitrogens with zero attached hydrogens (tertiary/aromatic N) is 1. The summed E-state index contributed by atoms with van der Waals surface area (Å²) >= 11 is 0. The zero-order valence-corrected chi connectivity index (χ0v) is 7.52. The first-order chi connectivity index (χ1) is 7.29. The maximum atomic E-state index is 12.8. The first-order valence-electron chi connectivity index (χ1n) is 3.92.